The van der Waals surface area contributed by atoms with Gasteiger partial charge in [-0.05, 0) is 42.7 Å². The van der Waals surface area contributed by atoms with Gasteiger partial charge in [0.2, 0.25) is 0 Å². The molecular formula is C21H26Cl3NO. The van der Waals surface area contributed by atoms with E-state index in [0.29, 0.717) is 22.7 Å². The summed E-state index contributed by atoms with van der Waals surface area (Å²) in [6.45, 7) is 1.33. The second-order valence-corrected chi connectivity index (χ2v) is 7.58. The summed E-state index contributed by atoms with van der Waals surface area (Å²) in [5.74, 6) is 0.867. The van der Waals surface area contributed by atoms with Gasteiger partial charge in [-0.25, -0.2) is 0 Å². The van der Waals surface area contributed by atoms with E-state index in [2.05, 4.69) is 17.4 Å². The summed E-state index contributed by atoms with van der Waals surface area (Å²) in [4.78, 5) is 0. The van der Waals surface area contributed by atoms with Gasteiger partial charge in [0, 0.05) is 28.2 Å². The number of nitrogens with one attached hydrogen (secondary N) is 1. The van der Waals surface area contributed by atoms with E-state index in [4.69, 9.17) is 27.9 Å². The Bertz CT molecular complexity index is 685. The zero-order valence-electron chi connectivity index (χ0n) is 14.8. The first-order valence-corrected chi connectivity index (χ1v) is 9.85. The van der Waals surface area contributed by atoms with Crippen molar-refractivity contribution in [2.24, 2.45) is 0 Å². The number of benzene rings is 2. The Morgan fingerprint density at radius 1 is 0.962 bits per heavy atom. The average molecular weight is 415 g/mol. The second kappa shape index (κ2) is 11.0. The zero-order chi connectivity index (χ0) is 17.5. The first kappa shape index (κ1) is 21.4. The molecule has 1 fully saturated rings. The topological polar surface area (TPSA) is 21.3 Å². The summed E-state index contributed by atoms with van der Waals surface area (Å²) < 4.78 is 5.91. The third-order valence-electron chi connectivity index (χ3n) is 4.76. The Labute approximate surface area is 172 Å². The number of ether oxygens (including phenoxy) is 1. The van der Waals surface area contributed by atoms with Crippen LogP contribution < -0.4 is 10.1 Å². The van der Waals surface area contributed by atoms with Crippen LogP contribution in [0.4, 0.5) is 0 Å². The maximum Gasteiger partial charge on any atom is 0.120 e. The van der Waals surface area contributed by atoms with E-state index >= 15 is 0 Å². The molecule has 1 aliphatic rings. The molecule has 1 saturated carbocycles. The third-order valence-corrected chi connectivity index (χ3v) is 5.34. The quantitative estimate of drug-likeness (QED) is 0.524. The highest BCUT2D eigenvalue weighted by atomic mass is 35.5. The molecule has 2 aromatic carbocycles. The van der Waals surface area contributed by atoms with Crippen LogP contribution in [-0.2, 0) is 13.2 Å². The minimum Gasteiger partial charge on any atom is -0.489 e. The molecule has 0 unspecified atom stereocenters. The minimum atomic E-state index is 0. The Balaban J connectivity index is 0.00000243. The summed E-state index contributed by atoms with van der Waals surface area (Å²) in [6, 6.07) is 14.4. The smallest absolute Gasteiger partial charge is 0.120 e. The number of hydrogen-bond donors (Lipinski definition) is 1. The highest BCUT2D eigenvalue weighted by Gasteiger charge is 2.11. The predicted octanol–water partition coefficient (Wildman–Crippen LogP) is 6.81. The van der Waals surface area contributed by atoms with Crippen LogP contribution in [0, 0.1) is 0 Å². The van der Waals surface area contributed by atoms with Crippen molar-refractivity contribution in [1.29, 1.82) is 0 Å². The molecule has 0 saturated heterocycles. The molecule has 2 aromatic rings. The van der Waals surface area contributed by atoms with Gasteiger partial charge in [-0.1, -0.05) is 67.1 Å². The van der Waals surface area contributed by atoms with E-state index in [-0.39, 0.29) is 12.4 Å². The normalized spacial score (nSPS) is 15.2. The van der Waals surface area contributed by atoms with Crippen molar-refractivity contribution in [3.8, 4) is 5.75 Å². The van der Waals surface area contributed by atoms with Crippen LogP contribution in [0.2, 0.25) is 10.0 Å². The molecule has 0 atom stereocenters. The van der Waals surface area contributed by atoms with Crippen molar-refractivity contribution in [3.63, 3.8) is 0 Å². The molecule has 3 rings (SSSR count). The largest absolute Gasteiger partial charge is 0.489 e. The highest BCUT2D eigenvalue weighted by Crippen LogP contribution is 2.23. The molecule has 0 radical (unpaired) electrons. The van der Waals surface area contributed by atoms with Crippen LogP contribution in [0.3, 0.4) is 0 Å². The standard InChI is InChI=1S/C21H25Cl2NO.ClH/c22-18-11-10-17(21(23)13-18)15-25-20-9-5-6-16(12-20)14-24-19-7-3-1-2-4-8-19;/h5-6,9-13,19,24H,1-4,7-8,14-15H2;1H. The van der Waals surface area contributed by atoms with Gasteiger partial charge >= 0.3 is 0 Å². The van der Waals surface area contributed by atoms with Crippen molar-refractivity contribution in [1.82, 2.24) is 5.32 Å². The average Bonchev–Trinajstić information content (AvgIpc) is 2.88. The second-order valence-electron chi connectivity index (χ2n) is 6.74. The fraction of sp³-hybridized carbons (Fsp3) is 0.429. The molecule has 0 aliphatic heterocycles. The number of rotatable bonds is 6. The molecule has 0 amide bonds. The van der Waals surface area contributed by atoms with Gasteiger partial charge in [0.15, 0.2) is 0 Å². The van der Waals surface area contributed by atoms with Crippen LogP contribution >= 0.6 is 35.6 Å². The summed E-state index contributed by atoms with van der Waals surface area (Å²) in [7, 11) is 0. The molecule has 142 valence electrons. The lowest BCUT2D eigenvalue weighted by Gasteiger charge is -2.16. The van der Waals surface area contributed by atoms with Crippen LogP contribution in [0.1, 0.15) is 49.7 Å². The summed E-state index contributed by atoms with van der Waals surface area (Å²) >= 11 is 12.1. The van der Waals surface area contributed by atoms with E-state index in [0.717, 1.165) is 17.9 Å². The SMILES string of the molecule is Cl.Clc1ccc(COc2cccc(CNC3CCCCCC3)c2)c(Cl)c1. The van der Waals surface area contributed by atoms with E-state index in [1.165, 1.54) is 44.1 Å². The lowest BCUT2D eigenvalue weighted by atomic mass is 10.1. The Hall–Kier alpha value is -0.930. The van der Waals surface area contributed by atoms with Crippen molar-refractivity contribution >= 4 is 35.6 Å². The Kier molecular flexibility index (Phi) is 9.07. The molecule has 5 heteroatoms. The van der Waals surface area contributed by atoms with Crippen molar-refractivity contribution < 1.29 is 4.74 Å². The summed E-state index contributed by atoms with van der Waals surface area (Å²) in [6.07, 6.45) is 8.06. The first-order chi connectivity index (χ1) is 12.2. The molecule has 0 spiro atoms. The van der Waals surface area contributed by atoms with Gasteiger partial charge in [0.25, 0.3) is 0 Å². The van der Waals surface area contributed by atoms with E-state index in [1.54, 1.807) is 6.07 Å². The maximum atomic E-state index is 6.20. The Morgan fingerprint density at radius 3 is 2.46 bits per heavy atom. The molecule has 2 nitrogen and oxygen atoms in total. The zero-order valence-corrected chi connectivity index (χ0v) is 17.2. The van der Waals surface area contributed by atoms with Gasteiger partial charge in [-0.15, -0.1) is 12.4 Å². The van der Waals surface area contributed by atoms with Gasteiger partial charge in [0.1, 0.15) is 12.4 Å². The lowest BCUT2D eigenvalue weighted by Crippen LogP contribution is -2.27. The predicted molar refractivity (Wildman–Crippen MR) is 113 cm³/mol. The van der Waals surface area contributed by atoms with Gasteiger partial charge in [0.05, 0.1) is 0 Å². The van der Waals surface area contributed by atoms with Crippen molar-refractivity contribution in [2.75, 3.05) is 0 Å². The highest BCUT2D eigenvalue weighted by molar-refractivity contribution is 6.35. The van der Waals surface area contributed by atoms with E-state index < -0.39 is 0 Å². The van der Waals surface area contributed by atoms with Crippen molar-refractivity contribution in [3.05, 3.63) is 63.6 Å². The third kappa shape index (κ3) is 6.66. The minimum absolute atomic E-state index is 0. The molecule has 1 N–H and O–H groups in total. The van der Waals surface area contributed by atoms with Crippen LogP contribution in [0.25, 0.3) is 0 Å². The van der Waals surface area contributed by atoms with E-state index in [9.17, 15) is 0 Å². The molecule has 0 aromatic heterocycles. The maximum absolute atomic E-state index is 6.20. The van der Waals surface area contributed by atoms with Crippen LogP contribution in [-0.4, -0.2) is 6.04 Å². The van der Waals surface area contributed by atoms with Gasteiger partial charge in [-0.2, -0.15) is 0 Å². The van der Waals surface area contributed by atoms with Crippen LogP contribution in [0.5, 0.6) is 5.75 Å². The fourth-order valence-corrected chi connectivity index (χ4v) is 3.75. The van der Waals surface area contributed by atoms with Crippen molar-refractivity contribution in [2.45, 2.75) is 57.7 Å². The lowest BCUT2D eigenvalue weighted by molar-refractivity contribution is 0.306. The number of halogens is 3. The molecule has 26 heavy (non-hydrogen) atoms. The van der Waals surface area contributed by atoms with E-state index in [1.807, 2.05) is 24.3 Å². The first-order valence-electron chi connectivity index (χ1n) is 9.10. The van der Waals surface area contributed by atoms with Gasteiger partial charge in [-0.3, -0.25) is 0 Å². The summed E-state index contributed by atoms with van der Waals surface area (Å²) in [5.41, 5.74) is 2.19. The molecule has 0 heterocycles. The number of hydrogen-bond acceptors (Lipinski definition) is 2. The molecular weight excluding hydrogens is 389 g/mol. The Morgan fingerprint density at radius 2 is 1.73 bits per heavy atom. The summed E-state index contributed by atoms with van der Waals surface area (Å²) in [5, 5.41) is 4.98. The molecule has 0 bridgehead atoms. The fourth-order valence-electron chi connectivity index (χ4n) is 3.29. The van der Waals surface area contributed by atoms with Gasteiger partial charge < -0.3 is 10.1 Å². The monoisotopic (exact) mass is 413 g/mol. The molecule has 1 aliphatic carbocycles. The van der Waals surface area contributed by atoms with Crippen LogP contribution in [0.15, 0.2) is 42.5 Å².